The van der Waals surface area contributed by atoms with Crippen LogP contribution in [0.1, 0.15) is 24.1 Å². The number of benzene rings is 1. The Morgan fingerprint density at radius 2 is 2.12 bits per heavy atom. The number of fused-ring (bicyclic) bond motifs is 1. The molecule has 4 aromatic rings. The lowest BCUT2D eigenvalue weighted by Crippen LogP contribution is -2.37. The van der Waals surface area contributed by atoms with E-state index in [9.17, 15) is 5.11 Å². The van der Waals surface area contributed by atoms with Gasteiger partial charge in [0.05, 0.1) is 16.8 Å². The van der Waals surface area contributed by atoms with Gasteiger partial charge in [0.15, 0.2) is 5.82 Å². The summed E-state index contributed by atoms with van der Waals surface area (Å²) >= 11 is 6.34. The smallest absolute Gasteiger partial charge is 0.229 e. The Morgan fingerprint density at radius 1 is 1.25 bits per heavy atom. The van der Waals surface area contributed by atoms with E-state index in [0.717, 1.165) is 53.8 Å². The molecule has 0 spiro atoms. The fourth-order valence-corrected chi connectivity index (χ4v) is 4.57. The van der Waals surface area contributed by atoms with Crippen molar-refractivity contribution in [2.24, 2.45) is 7.05 Å². The molecule has 3 aromatic heterocycles. The fraction of sp³-hybridized carbons (Fsp3) is 0.348. The van der Waals surface area contributed by atoms with Crippen LogP contribution in [0.5, 0.6) is 0 Å². The van der Waals surface area contributed by atoms with E-state index in [1.807, 2.05) is 55.2 Å². The number of halogens is 1. The van der Waals surface area contributed by atoms with Gasteiger partial charge in [-0.25, -0.2) is 9.67 Å². The van der Waals surface area contributed by atoms with Crippen LogP contribution in [0, 0.1) is 6.92 Å². The number of hydrogen-bond donors (Lipinski definition) is 2. The van der Waals surface area contributed by atoms with E-state index in [1.165, 1.54) is 0 Å². The Morgan fingerprint density at radius 3 is 2.97 bits per heavy atom. The number of rotatable bonds is 5. The fourth-order valence-electron chi connectivity index (χ4n) is 4.27. The number of β-amino-alcohol motifs (C(OH)–C–C–N with tert-alkyl or cyclic N) is 1. The van der Waals surface area contributed by atoms with Crippen molar-refractivity contribution in [2.45, 2.75) is 32.4 Å². The second-order valence-corrected chi connectivity index (χ2v) is 8.81. The molecule has 1 saturated heterocycles. The predicted octanol–water partition coefficient (Wildman–Crippen LogP) is 3.82. The predicted molar refractivity (Wildman–Crippen MR) is 126 cm³/mol. The maximum atomic E-state index is 9.94. The van der Waals surface area contributed by atoms with E-state index in [-0.39, 0.29) is 6.10 Å². The minimum absolute atomic E-state index is 0.236. The van der Waals surface area contributed by atoms with Crippen LogP contribution in [0.15, 0.2) is 42.9 Å². The van der Waals surface area contributed by atoms with Gasteiger partial charge in [0.1, 0.15) is 0 Å². The first kappa shape index (κ1) is 20.9. The molecular formula is C23H26ClN7O. The summed E-state index contributed by atoms with van der Waals surface area (Å²) in [6.45, 7) is 4.49. The SMILES string of the molecule is Cc1nn(-c2ccnc(Nc3ccc4c(c3)c(Cl)cn4C)n2)cc1CN1CCCC(O)C1. The second-order valence-electron chi connectivity index (χ2n) is 8.40. The summed E-state index contributed by atoms with van der Waals surface area (Å²) in [5, 5.41) is 19.6. The molecule has 1 unspecified atom stereocenters. The van der Waals surface area contributed by atoms with E-state index in [2.05, 4.69) is 25.3 Å². The number of aliphatic hydroxyl groups is 1. The Bertz CT molecular complexity index is 1260. The van der Waals surface area contributed by atoms with E-state index >= 15 is 0 Å². The van der Waals surface area contributed by atoms with Gasteiger partial charge in [-0.15, -0.1) is 0 Å². The molecule has 0 bridgehead atoms. The van der Waals surface area contributed by atoms with Crippen LogP contribution in [-0.4, -0.2) is 53.5 Å². The highest BCUT2D eigenvalue weighted by Gasteiger charge is 2.19. The van der Waals surface area contributed by atoms with Crippen LogP contribution in [-0.2, 0) is 13.6 Å². The third-order valence-electron chi connectivity index (χ3n) is 5.95. The average molecular weight is 452 g/mol. The molecule has 5 rings (SSSR count). The third kappa shape index (κ3) is 4.21. The lowest BCUT2D eigenvalue weighted by molar-refractivity contribution is 0.0667. The van der Waals surface area contributed by atoms with Crippen LogP contribution >= 0.6 is 11.6 Å². The molecule has 9 heteroatoms. The monoisotopic (exact) mass is 451 g/mol. The number of aromatic nitrogens is 5. The van der Waals surface area contributed by atoms with Gasteiger partial charge in [-0.3, -0.25) is 4.90 Å². The molecule has 2 N–H and O–H groups in total. The molecule has 0 saturated carbocycles. The van der Waals surface area contributed by atoms with Crippen LogP contribution in [0.4, 0.5) is 11.6 Å². The molecule has 166 valence electrons. The molecule has 0 amide bonds. The molecule has 0 radical (unpaired) electrons. The zero-order chi connectivity index (χ0) is 22.2. The summed E-state index contributed by atoms with van der Waals surface area (Å²) in [5.74, 6) is 1.18. The first-order valence-electron chi connectivity index (χ1n) is 10.8. The topological polar surface area (TPSA) is 84.0 Å². The summed E-state index contributed by atoms with van der Waals surface area (Å²) in [4.78, 5) is 11.3. The molecular weight excluding hydrogens is 426 g/mol. The zero-order valence-electron chi connectivity index (χ0n) is 18.2. The highest BCUT2D eigenvalue weighted by atomic mass is 35.5. The molecule has 1 aromatic carbocycles. The molecule has 1 aliphatic rings. The van der Waals surface area contributed by atoms with Crippen molar-refractivity contribution >= 4 is 34.1 Å². The number of aliphatic hydroxyl groups excluding tert-OH is 1. The Hall–Kier alpha value is -2.94. The van der Waals surface area contributed by atoms with Crippen LogP contribution < -0.4 is 5.32 Å². The summed E-state index contributed by atoms with van der Waals surface area (Å²) in [5.41, 5.74) is 4.03. The molecule has 8 nitrogen and oxygen atoms in total. The van der Waals surface area contributed by atoms with Crippen molar-refractivity contribution in [3.63, 3.8) is 0 Å². The molecule has 32 heavy (non-hydrogen) atoms. The molecule has 4 heterocycles. The van der Waals surface area contributed by atoms with Crippen molar-refractivity contribution < 1.29 is 5.11 Å². The van der Waals surface area contributed by atoms with E-state index in [1.54, 1.807) is 10.9 Å². The van der Waals surface area contributed by atoms with Gasteiger partial charge in [-0.05, 0) is 44.5 Å². The van der Waals surface area contributed by atoms with E-state index in [0.29, 0.717) is 23.3 Å². The van der Waals surface area contributed by atoms with Crippen molar-refractivity contribution in [1.29, 1.82) is 0 Å². The maximum absolute atomic E-state index is 9.94. The van der Waals surface area contributed by atoms with E-state index < -0.39 is 0 Å². The van der Waals surface area contributed by atoms with Gasteiger partial charge in [-0.2, -0.15) is 10.1 Å². The largest absolute Gasteiger partial charge is 0.392 e. The maximum Gasteiger partial charge on any atom is 0.229 e. The van der Waals surface area contributed by atoms with Gasteiger partial charge < -0.3 is 15.0 Å². The van der Waals surface area contributed by atoms with Gasteiger partial charge in [0.25, 0.3) is 0 Å². The van der Waals surface area contributed by atoms with Gasteiger partial charge in [0, 0.05) is 66.9 Å². The first-order valence-corrected chi connectivity index (χ1v) is 11.1. The van der Waals surface area contributed by atoms with Crippen molar-refractivity contribution in [1.82, 2.24) is 29.2 Å². The van der Waals surface area contributed by atoms with Gasteiger partial charge in [-0.1, -0.05) is 11.6 Å². The number of piperidine rings is 1. The Labute approximate surface area is 191 Å². The number of nitrogens with zero attached hydrogens (tertiary/aromatic N) is 6. The highest BCUT2D eigenvalue weighted by molar-refractivity contribution is 6.35. The number of anilines is 2. The lowest BCUT2D eigenvalue weighted by Gasteiger charge is -2.29. The van der Waals surface area contributed by atoms with Crippen LogP contribution in [0.3, 0.4) is 0 Å². The number of likely N-dealkylation sites (tertiary alicyclic amines) is 1. The van der Waals surface area contributed by atoms with Crippen molar-refractivity contribution in [3.05, 3.63) is 59.1 Å². The van der Waals surface area contributed by atoms with Crippen LogP contribution in [0.2, 0.25) is 5.02 Å². The van der Waals surface area contributed by atoms with Gasteiger partial charge >= 0.3 is 0 Å². The van der Waals surface area contributed by atoms with Crippen molar-refractivity contribution in [2.75, 3.05) is 18.4 Å². The second kappa shape index (κ2) is 8.54. The summed E-state index contributed by atoms with van der Waals surface area (Å²) < 4.78 is 3.79. The summed E-state index contributed by atoms with van der Waals surface area (Å²) in [6, 6.07) is 7.84. The highest BCUT2D eigenvalue weighted by Crippen LogP contribution is 2.28. The quantitative estimate of drug-likeness (QED) is 0.480. The van der Waals surface area contributed by atoms with Gasteiger partial charge in [0.2, 0.25) is 5.95 Å². The number of hydrogen-bond acceptors (Lipinski definition) is 6. The van der Waals surface area contributed by atoms with Crippen molar-refractivity contribution in [3.8, 4) is 5.82 Å². The lowest BCUT2D eigenvalue weighted by atomic mass is 10.1. The first-order chi connectivity index (χ1) is 15.5. The normalized spacial score (nSPS) is 17.2. The minimum Gasteiger partial charge on any atom is -0.392 e. The Kier molecular flexibility index (Phi) is 5.58. The summed E-state index contributed by atoms with van der Waals surface area (Å²) in [6.07, 6.45) is 7.30. The Balaban J connectivity index is 1.36. The number of aryl methyl sites for hydroxylation is 2. The molecule has 1 fully saturated rings. The zero-order valence-corrected chi connectivity index (χ0v) is 18.9. The summed E-state index contributed by atoms with van der Waals surface area (Å²) in [7, 11) is 1.97. The van der Waals surface area contributed by atoms with E-state index in [4.69, 9.17) is 11.6 Å². The molecule has 0 aliphatic carbocycles. The molecule has 1 aliphatic heterocycles. The standard InChI is InChI=1S/C23H26ClN7O/c1-15-16(11-30-9-3-4-18(32)13-30)12-31(28-15)22-7-8-25-23(27-22)26-17-5-6-21-19(10-17)20(24)14-29(21)2/h5-8,10,12,14,18,32H,3-4,9,11,13H2,1-2H3,(H,25,26,27). The molecule has 1 atom stereocenters. The third-order valence-corrected chi connectivity index (χ3v) is 6.25. The average Bonchev–Trinajstić information content (AvgIpc) is 3.27. The number of nitrogens with one attached hydrogen (secondary N) is 1. The minimum atomic E-state index is -0.236. The van der Waals surface area contributed by atoms with Crippen LogP contribution in [0.25, 0.3) is 16.7 Å².